The first-order valence-corrected chi connectivity index (χ1v) is 10.8. The van der Waals surface area contributed by atoms with E-state index in [4.69, 9.17) is 4.42 Å². The van der Waals surface area contributed by atoms with Gasteiger partial charge in [-0.3, -0.25) is 4.79 Å². The van der Waals surface area contributed by atoms with Crippen LogP contribution in [0.4, 0.5) is 5.69 Å². The van der Waals surface area contributed by atoms with Gasteiger partial charge in [0.2, 0.25) is 0 Å². The van der Waals surface area contributed by atoms with Gasteiger partial charge >= 0.3 is 0 Å². The van der Waals surface area contributed by atoms with Gasteiger partial charge in [-0.25, -0.2) is 9.98 Å². The van der Waals surface area contributed by atoms with Crippen molar-refractivity contribution in [2.75, 3.05) is 0 Å². The maximum Gasteiger partial charge on any atom is 0.264 e. The van der Waals surface area contributed by atoms with Crippen LogP contribution < -0.4 is 5.32 Å². The van der Waals surface area contributed by atoms with Gasteiger partial charge in [0.15, 0.2) is 15.4 Å². The third-order valence-electron chi connectivity index (χ3n) is 4.36. The van der Waals surface area contributed by atoms with Gasteiger partial charge in [-0.15, -0.1) is 0 Å². The Labute approximate surface area is 180 Å². The Morgan fingerprint density at radius 2 is 1.93 bits per heavy atom. The predicted octanol–water partition coefficient (Wildman–Crippen LogP) is 5.51. The van der Waals surface area contributed by atoms with E-state index in [0.717, 1.165) is 27.4 Å². The minimum absolute atomic E-state index is 0.186. The number of H-pyrrole nitrogens is 1. The maximum absolute atomic E-state index is 12.3. The highest BCUT2D eigenvalue weighted by molar-refractivity contribution is 8.18. The number of rotatable bonds is 4. The maximum atomic E-state index is 12.3. The van der Waals surface area contributed by atoms with Crippen molar-refractivity contribution in [3.8, 4) is 0 Å². The molecule has 6 nitrogen and oxygen atoms in total. The smallest absolute Gasteiger partial charge is 0.264 e. The van der Waals surface area contributed by atoms with Crippen molar-refractivity contribution in [2.45, 2.75) is 17.2 Å². The number of imidazole rings is 1. The summed E-state index contributed by atoms with van der Waals surface area (Å²) in [5, 5.41) is 4.79. The molecule has 4 aromatic rings. The zero-order chi connectivity index (χ0) is 20.5. The number of amides is 1. The summed E-state index contributed by atoms with van der Waals surface area (Å²) >= 11 is 2.70. The van der Waals surface area contributed by atoms with Gasteiger partial charge in [0.1, 0.15) is 5.76 Å². The first-order valence-electron chi connectivity index (χ1n) is 9.21. The number of carbonyl (C=O) groups is 1. The van der Waals surface area contributed by atoms with Crippen LogP contribution in [0.1, 0.15) is 11.3 Å². The van der Waals surface area contributed by atoms with Crippen molar-refractivity contribution in [2.24, 2.45) is 4.99 Å². The van der Waals surface area contributed by atoms with Crippen LogP contribution in [0.3, 0.4) is 0 Å². The summed E-state index contributed by atoms with van der Waals surface area (Å²) in [6, 6.07) is 19.4. The van der Waals surface area contributed by atoms with Gasteiger partial charge in [-0.05, 0) is 66.8 Å². The summed E-state index contributed by atoms with van der Waals surface area (Å²) in [6.07, 6.45) is 1.72. The summed E-state index contributed by atoms with van der Waals surface area (Å²) < 4.78 is 5.85. The monoisotopic (exact) mass is 432 g/mol. The molecule has 8 heteroatoms. The van der Waals surface area contributed by atoms with Crippen LogP contribution in [0.15, 0.2) is 85.2 Å². The number of nitrogens with one attached hydrogen (secondary N) is 2. The molecule has 148 valence electrons. The van der Waals surface area contributed by atoms with Crippen molar-refractivity contribution in [3.05, 3.63) is 76.9 Å². The van der Waals surface area contributed by atoms with Gasteiger partial charge in [0.05, 0.1) is 21.6 Å². The lowest BCUT2D eigenvalue weighted by Crippen LogP contribution is -2.19. The van der Waals surface area contributed by atoms with E-state index in [0.29, 0.717) is 20.9 Å². The molecule has 3 heterocycles. The number of para-hydroxylation sites is 2. The van der Waals surface area contributed by atoms with Crippen molar-refractivity contribution in [1.82, 2.24) is 15.3 Å². The number of hydrogen-bond acceptors (Lipinski definition) is 6. The average Bonchev–Trinajstić information content (AvgIpc) is 3.43. The lowest BCUT2D eigenvalue weighted by Gasteiger charge is -1.96. The number of amidine groups is 1. The van der Waals surface area contributed by atoms with Crippen LogP contribution in [-0.4, -0.2) is 21.0 Å². The van der Waals surface area contributed by atoms with Gasteiger partial charge < -0.3 is 14.7 Å². The van der Waals surface area contributed by atoms with Crippen molar-refractivity contribution < 1.29 is 9.21 Å². The number of thioether (sulfide) groups is 1. The Hall–Kier alpha value is -3.23. The number of aromatic nitrogens is 2. The van der Waals surface area contributed by atoms with Crippen LogP contribution >= 0.6 is 23.5 Å². The van der Waals surface area contributed by atoms with Gasteiger partial charge in [-0.1, -0.05) is 29.8 Å². The first kappa shape index (κ1) is 18.8. The number of aromatic amines is 1. The Kier molecular flexibility index (Phi) is 4.94. The molecular weight excluding hydrogens is 416 g/mol. The van der Waals surface area contributed by atoms with Gasteiger partial charge in [-0.2, -0.15) is 0 Å². The molecule has 5 rings (SSSR count). The van der Waals surface area contributed by atoms with E-state index >= 15 is 0 Å². The molecule has 2 aromatic carbocycles. The summed E-state index contributed by atoms with van der Waals surface area (Å²) in [7, 11) is 0. The van der Waals surface area contributed by atoms with E-state index in [2.05, 4.69) is 20.3 Å². The molecule has 0 saturated carbocycles. The van der Waals surface area contributed by atoms with Gasteiger partial charge in [0.25, 0.3) is 5.91 Å². The Morgan fingerprint density at radius 3 is 2.77 bits per heavy atom. The standard InChI is InChI=1S/C22H16N4O2S2/c1-13-6-8-14(9-7-13)23-21-26-20(27)18(29-21)12-15-10-11-19(28-15)30-22-24-16-4-2-3-5-17(16)25-22/h2-12H,1H3,(H,24,25)(H,23,26,27). The number of aryl methyl sites for hydroxylation is 1. The normalized spacial score (nSPS) is 16.6. The molecule has 2 aromatic heterocycles. The summed E-state index contributed by atoms with van der Waals surface area (Å²) in [5.41, 5.74) is 3.85. The van der Waals surface area contributed by atoms with Gasteiger partial charge in [0, 0.05) is 6.08 Å². The molecule has 30 heavy (non-hydrogen) atoms. The first-order chi connectivity index (χ1) is 14.6. The van der Waals surface area contributed by atoms with Crippen LogP contribution in [-0.2, 0) is 4.79 Å². The lowest BCUT2D eigenvalue weighted by molar-refractivity contribution is -0.115. The minimum atomic E-state index is -0.186. The summed E-state index contributed by atoms with van der Waals surface area (Å²) in [4.78, 5) is 25.1. The van der Waals surface area contributed by atoms with Crippen molar-refractivity contribution in [1.29, 1.82) is 0 Å². The van der Waals surface area contributed by atoms with E-state index in [1.807, 2.05) is 67.6 Å². The van der Waals surface area contributed by atoms with Crippen LogP contribution in [0.5, 0.6) is 0 Å². The average molecular weight is 433 g/mol. The largest absolute Gasteiger partial charge is 0.450 e. The highest BCUT2D eigenvalue weighted by atomic mass is 32.2. The molecule has 2 N–H and O–H groups in total. The second-order valence-corrected chi connectivity index (χ2v) is 8.66. The predicted molar refractivity (Wildman–Crippen MR) is 121 cm³/mol. The number of furan rings is 1. The number of hydrogen-bond donors (Lipinski definition) is 2. The molecule has 0 spiro atoms. The third kappa shape index (κ3) is 4.05. The third-order valence-corrected chi connectivity index (χ3v) is 6.07. The SMILES string of the molecule is Cc1ccc(N=C2NC(=O)C(=Cc3ccc(Sc4nc5ccccc5[nH]4)o3)S2)cc1. The van der Waals surface area contributed by atoms with Crippen molar-refractivity contribution in [3.63, 3.8) is 0 Å². The Balaban J connectivity index is 1.31. The molecular formula is C22H16N4O2S2. The molecule has 0 aliphatic carbocycles. The highest BCUT2D eigenvalue weighted by Gasteiger charge is 2.24. The second kappa shape index (κ2) is 7.89. The van der Waals surface area contributed by atoms with E-state index in [9.17, 15) is 4.79 Å². The fraction of sp³-hybridized carbons (Fsp3) is 0.0455. The van der Waals surface area contributed by atoms with Crippen LogP contribution in [0.2, 0.25) is 0 Å². The number of aliphatic imine (C=N–C) groups is 1. The lowest BCUT2D eigenvalue weighted by atomic mass is 10.2. The van der Waals surface area contributed by atoms with E-state index < -0.39 is 0 Å². The molecule has 1 saturated heterocycles. The molecule has 1 amide bonds. The number of benzene rings is 2. The van der Waals surface area contributed by atoms with E-state index in [1.165, 1.54) is 23.5 Å². The summed E-state index contributed by atoms with van der Waals surface area (Å²) in [5.74, 6) is 0.414. The van der Waals surface area contributed by atoms with E-state index in [1.54, 1.807) is 6.08 Å². The number of carbonyl (C=O) groups excluding carboxylic acids is 1. The van der Waals surface area contributed by atoms with E-state index in [-0.39, 0.29) is 5.91 Å². The molecule has 0 bridgehead atoms. The topological polar surface area (TPSA) is 83.3 Å². The number of nitrogens with zero attached hydrogens (tertiary/aromatic N) is 2. The second-order valence-electron chi connectivity index (χ2n) is 6.64. The molecule has 0 unspecified atom stereocenters. The Morgan fingerprint density at radius 1 is 1.10 bits per heavy atom. The van der Waals surface area contributed by atoms with Crippen molar-refractivity contribution >= 4 is 57.4 Å². The minimum Gasteiger partial charge on any atom is -0.450 e. The molecule has 0 atom stereocenters. The molecule has 1 fully saturated rings. The molecule has 0 radical (unpaired) electrons. The quantitative estimate of drug-likeness (QED) is 0.416. The molecule has 1 aliphatic heterocycles. The van der Waals surface area contributed by atoms with Crippen LogP contribution in [0, 0.1) is 6.92 Å². The fourth-order valence-corrected chi connectivity index (χ4v) is 4.48. The molecule has 1 aliphatic rings. The van der Waals surface area contributed by atoms with Crippen LogP contribution in [0.25, 0.3) is 17.1 Å². The zero-order valence-electron chi connectivity index (χ0n) is 15.9. The zero-order valence-corrected chi connectivity index (χ0v) is 17.5. The number of fused-ring (bicyclic) bond motifs is 1. The highest BCUT2D eigenvalue weighted by Crippen LogP contribution is 2.32. The fourth-order valence-electron chi connectivity index (χ4n) is 2.89. The Bertz CT molecular complexity index is 1270. The summed E-state index contributed by atoms with van der Waals surface area (Å²) in [6.45, 7) is 2.02.